The van der Waals surface area contributed by atoms with Gasteiger partial charge >= 0.3 is 6.03 Å². The molecule has 1 aromatic carbocycles. The molecule has 0 aromatic heterocycles. The monoisotopic (exact) mass is 292 g/mol. The molecule has 1 rings (SSSR count). The van der Waals surface area contributed by atoms with Gasteiger partial charge in [0.15, 0.2) is 0 Å². The average molecular weight is 292 g/mol. The van der Waals surface area contributed by atoms with Crippen LogP contribution in [0.25, 0.3) is 0 Å². The Morgan fingerprint density at radius 2 is 1.90 bits per heavy atom. The number of nitrogens with one attached hydrogen (secondary N) is 2. The van der Waals surface area contributed by atoms with Crippen molar-refractivity contribution in [3.63, 3.8) is 0 Å². The van der Waals surface area contributed by atoms with E-state index in [0.29, 0.717) is 12.5 Å². The molecular weight excluding hydrogens is 264 g/mol. The van der Waals surface area contributed by atoms with E-state index < -0.39 is 0 Å². The summed E-state index contributed by atoms with van der Waals surface area (Å²) in [7, 11) is 0. The average Bonchev–Trinajstić information content (AvgIpc) is 2.46. The molecule has 0 spiro atoms. The van der Waals surface area contributed by atoms with Crippen molar-refractivity contribution in [2.45, 2.75) is 46.1 Å². The lowest BCUT2D eigenvalue weighted by Gasteiger charge is -2.18. The van der Waals surface area contributed by atoms with Crippen molar-refractivity contribution in [3.05, 3.63) is 35.4 Å². The first-order valence-electron chi connectivity index (χ1n) is 7.78. The van der Waals surface area contributed by atoms with Crippen molar-refractivity contribution in [2.75, 3.05) is 13.2 Å². The number of aryl methyl sites for hydroxylation is 1. The number of hydrogen-bond donors (Lipinski definition) is 3. The highest BCUT2D eigenvalue weighted by molar-refractivity contribution is 5.74. The SMILES string of the molecule is CCCC(CCO)CNC(=O)NC(C)c1ccc(C)cc1. The molecule has 0 bridgehead atoms. The molecule has 2 unspecified atom stereocenters. The van der Waals surface area contributed by atoms with Crippen LogP contribution >= 0.6 is 0 Å². The van der Waals surface area contributed by atoms with Crippen LogP contribution in [-0.4, -0.2) is 24.3 Å². The van der Waals surface area contributed by atoms with Crippen molar-refractivity contribution < 1.29 is 9.90 Å². The Bertz CT molecular complexity index is 411. The first-order valence-corrected chi connectivity index (χ1v) is 7.78. The second kappa shape index (κ2) is 9.40. The summed E-state index contributed by atoms with van der Waals surface area (Å²) in [6.07, 6.45) is 2.82. The van der Waals surface area contributed by atoms with Crippen LogP contribution in [0.2, 0.25) is 0 Å². The van der Waals surface area contributed by atoms with Crippen molar-refractivity contribution >= 4 is 6.03 Å². The number of rotatable bonds is 8. The van der Waals surface area contributed by atoms with Crippen LogP contribution in [0.15, 0.2) is 24.3 Å². The van der Waals surface area contributed by atoms with Gasteiger partial charge < -0.3 is 15.7 Å². The molecule has 4 heteroatoms. The molecule has 0 radical (unpaired) electrons. The van der Waals surface area contributed by atoms with Gasteiger partial charge in [0.1, 0.15) is 0 Å². The van der Waals surface area contributed by atoms with E-state index in [0.717, 1.165) is 24.8 Å². The van der Waals surface area contributed by atoms with Gasteiger partial charge in [-0.3, -0.25) is 0 Å². The molecule has 0 fully saturated rings. The van der Waals surface area contributed by atoms with Gasteiger partial charge in [-0.2, -0.15) is 0 Å². The van der Waals surface area contributed by atoms with Gasteiger partial charge in [-0.25, -0.2) is 4.79 Å². The zero-order valence-electron chi connectivity index (χ0n) is 13.4. The van der Waals surface area contributed by atoms with E-state index in [1.807, 2.05) is 38.1 Å². The van der Waals surface area contributed by atoms with Crippen LogP contribution in [0.5, 0.6) is 0 Å². The van der Waals surface area contributed by atoms with Crippen molar-refractivity contribution in [3.8, 4) is 0 Å². The molecule has 0 aliphatic carbocycles. The third-order valence-corrected chi connectivity index (χ3v) is 3.71. The minimum atomic E-state index is -0.151. The highest BCUT2D eigenvalue weighted by atomic mass is 16.3. The summed E-state index contributed by atoms with van der Waals surface area (Å²) in [4.78, 5) is 11.9. The van der Waals surface area contributed by atoms with E-state index in [9.17, 15) is 4.79 Å². The quantitative estimate of drug-likeness (QED) is 0.689. The molecule has 2 amide bonds. The standard InChI is InChI=1S/C17H28N2O2/c1-4-5-15(10-11-20)12-18-17(21)19-14(3)16-8-6-13(2)7-9-16/h6-9,14-15,20H,4-5,10-12H2,1-3H3,(H2,18,19,21). The summed E-state index contributed by atoms with van der Waals surface area (Å²) in [5, 5.41) is 14.9. The fourth-order valence-corrected chi connectivity index (χ4v) is 2.36. The van der Waals surface area contributed by atoms with Crippen LogP contribution in [-0.2, 0) is 0 Å². The topological polar surface area (TPSA) is 61.4 Å². The highest BCUT2D eigenvalue weighted by Gasteiger charge is 2.12. The lowest BCUT2D eigenvalue weighted by Crippen LogP contribution is -2.39. The van der Waals surface area contributed by atoms with E-state index in [4.69, 9.17) is 5.11 Å². The van der Waals surface area contributed by atoms with E-state index in [-0.39, 0.29) is 18.7 Å². The number of urea groups is 1. The predicted molar refractivity (Wildman–Crippen MR) is 86.2 cm³/mol. The van der Waals surface area contributed by atoms with Crippen LogP contribution < -0.4 is 10.6 Å². The summed E-state index contributed by atoms with van der Waals surface area (Å²) in [6.45, 7) is 6.92. The molecule has 3 N–H and O–H groups in total. The summed E-state index contributed by atoms with van der Waals surface area (Å²) in [6, 6.07) is 7.99. The van der Waals surface area contributed by atoms with Gasteiger partial charge in [0.2, 0.25) is 0 Å². The molecule has 1 aromatic rings. The third kappa shape index (κ3) is 6.63. The molecule has 2 atom stereocenters. The minimum Gasteiger partial charge on any atom is -0.396 e. The van der Waals surface area contributed by atoms with Crippen LogP contribution in [0.4, 0.5) is 4.79 Å². The van der Waals surface area contributed by atoms with Gasteiger partial charge in [-0.15, -0.1) is 0 Å². The molecule has 21 heavy (non-hydrogen) atoms. The Labute approximate surface area is 128 Å². The van der Waals surface area contributed by atoms with Crippen molar-refractivity contribution in [1.82, 2.24) is 10.6 Å². The maximum atomic E-state index is 11.9. The molecule has 0 saturated heterocycles. The molecule has 0 saturated carbocycles. The Kier molecular flexibility index (Phi) is 7.83. The smallest absolute Gasteiger partial charge is 0.315 e. The first kappa shape index (κ1) is 17.5. The third-order valence-electron chi connectivity index (χ3n) is 3.71. The number of carbonyl (C=O) groups excluding carboxylic acids is 1. The number of carbonyl (C=O) groups is 1. The van der Waals surface area contributed by atoms with Crippen molar-refractivity contribution in [1.29, 1.82) is 0 Å². The maximum absolute atomic E-state index is 11.9. The molecule has 0 aliphatic heterocycles. The van der Waals surface area contributed by atoms with Crippen molar-refractivity contribution in [2.24, 2.45) is 5.92 Å². The lowest BCUT2D eigenvalue weighted by atomic mass is 10.0. The Balaban J connectivity index is 2.40. The van der Waals surface area contributed by atoms with Crippen LogP contribution in [0, 0.1) is 12.8 Å². The van der Waals surface area contributed by atoms with Gasteiger partial charge in [-0.1, -0.05) is 43.2 Å². The Morgan fingerprint density at radius 1 is 1.24 bits per heavy atom. The second-order valence-corrected chi connectivity index (χ2v) is 5.65. The van der Waals surface area contributed by atoms with Gasteiger partial charge in [0, 0.05) is 13.2 Å². The van der Waals surface area contributed by atoms with E-state index in [1.165, 1.54) is 5.56 Å². The van der Waals surface area contributed by atoms with Crippen LogP contribution in [0.3, 0.4) is 0 Å². The Hall–Kier alpha value is -1.55. The van der Waals surface area contributed by atoms with Gasteiger partial charge in [0.05, 0.1) is 6.04 Å². The van der Waals surface area contributed by atoms with E-state index >= 15 is 0 Å². The molecule has 0 heterocycles. The number of hydrogen-bond acceptors (Lipinski definition) is 2. The molecule has 118 valence electrons. The van der Waals surface area contributed by atoms with E-state index in [1.54, 1.807) is 0 Å². The molecule has 4 nitrogen and oxygen atoms in total. The molecular formula is C17H28N2O2. The lowest BCUT2D eigenvalue weighted by molar-refractivity contribution is 0.227. The summed E-state index contributed by atoms with van der Waals surface area (Å²) in [5.41, 5.74) is 2.30. The fraction of sp³-hybridized carbons (Fsp3) is 0.588. The fourth-order valence-electron chi connectivity index (χ4n) is 2.36. The number of aliphatic hydroxyl groups is 1. The maximum Gasteiger partial charge on any atom is 0.315 e. The second-order valence-electron chi connectivity index (χ2n) is 5.65. The molecule has 0 aliphatic rings. The number of aliphatic hydroxyl groups excluding tert-OH is 1. The zero-order chi connectivity index (χ0) is 15.7. The highest BCUT2D eigenvalue weighted by Crippen LogP contribution is 2.13. The number of benzene rings is 1. The minimum absolute atomic E-state index is 0.0203. The van der Waals surface area contributed by atoms with Crippen LogP contribution in [0.1, 0.15) is 50.3 Å². The summed E-state index contributed by atoms with van der Waals surface area (Å²) >= 11 is 0. The van der Waals surface area contributed by atoms with Gasteiger partial charge in [0.25, 0.3) is 0 Å². The zero-order valence-corrected chi connectivity index (χ0v) is 13.4. The summed E-state index contributed by atoms with van der Waals surface area (Å²) in [5.74, 6) is 0.348. The Morgan fingerprint density at radius 3 is 2.48 bits per heavy atom. The van der Waals surface area contributed by atoms with E-state index in [2.05, 4.69) is 17.6 Å². The normalized spacial score (nSPS) is 13.5. The summed E-state index contributed by atoms with van der Waals surface area (Å²) < 4.78 is 0. The first-order chi connectivity index (χ1) is 10.1. The largest absolute Gasteiger partial charge is 0.396 e. The predicted octanol–water partition coefficient (Wildman–Crippen LogP) is 3.15. The number of amides is 2. The van der Waals surface area contributed by atoms with Gasteiger partial charge in [-0.05, 0) is 38.2 Å².